The Morgan fingerprint density at radius 2 is 1.96 bits per heavy atom. The monoisotopic (exact) mass is 344 g/mol. The molecule has 0 atom stereocenters. The molecule has 1 saturated heterocycles. The van der Waals surface area contributed by atoms with Crippen molar-refractivity contribution in [3.8, 4) is 0 Å². The lowest BCUT2D eigenvalue weighted by molar-refractivity contribution is -0.137. The number of nitrogens with one attached hydrogen (secondary N) is 1. The van der Waals surface area contributed by atoms with Crippen molar-refractivity contribution in [3.63, 3.8) is 0 Å². The standard InChI is InChI=1S/C17H24N6O2/c1-21-15-13(10-18-21)16(24)20-14(19-15)11-22-6-8-23(9-7-22)17(25)12-4-2-3-5-12/h10,12H,2-9,11H2,1H3,(H,19,20,24). The second kappa shape index (κ2) is 6.59. The lowest BCUT2D eigenvalue weighted by Crippen LogP contribution is -2.49. The third-order valence-electron chi connectivity index (χ3n) is 5.41. The van der Waals surface area contributed by atoms with Gasteiger partial charge in [0, 0.05) is 39.1 Å². The predicted molar refractivity (Wildman–Crippen MR) is 92.9 cm³/mol. The fraction of sp³-hybridized carbons (Fsp3) is 0.647. The lowest BCUT2D eigenvalue weighted by atomic mass is 10.1. The van der Waals surface area contributed by atoms with Crippen LogP contribution in [0.1, 0.15) is 31.5 Å². The van der Waals surface area contributed by atoms with E-state index in [9.17, 15) is 9.59 Å². The maximum absolute atomic E-state index is 12.5. The Kier molecular flexibility index (Phi) is 4.29. The highest BCUT2D eigenvalue weighted by molar-refractivity contribution is 5.79. The fourth-order valence-electron chi connectivity index (χ4n) is 3.92. The van der Waals surface area contributed by atoms with Gasteiger partial charge in [-0.3, -0.25) is 19.2 Å². The molecule has 8 heteroatoms. The van der Waals surface area contributed by atoms with Crippen molar-refractivity contribution in [3.05, 3.63) is 22.4 Å². The number of aryl methyl sites for hydroxylation is 1. The predicted octanol–water partition coefficient (Wildman–Crippen LogP) is 0.491. The number of fused-ring (bicyclic) bond motifs is 1. The molecular weight excluding hydrogens is 320 g/mol. The molecular formula is C17H24N6O2. The van der Waals surface area contributed by atoms with Gasteiger partial charge in [-0.15, -0.1) is 0 Å². The lowest BCUT2D eigenvalue weighted by Gasteiger charge is -2.35. The normalized spacial score (nSPS) is 19.8. The summed E-state index contributed by atoms with van der Waals surface area (Å²) < 4.78 is 1.62. The fourth-order valence-corrected chi connectivity index (χ4v) is 3.92. The second-order valence-electron chi connectivity index (χ2n) is 7.10. The van der Waals surface area contributed by atoms with E-state index in [-0.39, 0.29) is 11.5 Å². The van der Waals surface area contributed by atoms with Gasteiger partial charge in [-0.05, 0) is 12.8 Å². The number of nitrogens with zero attached hydrogens (tertiary/aromatic N) is 5. The molecule has 0 unspecified atom stereocenters. The number of carbonyl (C=O) groups is 1. The summed E-state index contributed by atoms with van der Waals surface area (Å²) in [5.74, 6) is 1.23. The van der Waals surface area contributed by atoms with Gasteiger partial charge in [0.2, 0.25) is 5.91 Å². The molecule has 8 nitrogen and oxygen atoms in total. The first-order valence-electron chi connectivity index (χ1n) is 9.04. The zero-order valence-corrected chi connectivity index (χ0v) is 14.6. The molecule has 2 aliphatic rings. The molecule has 2 fully saturated rings. The molecule has 0 aromatic carbocycles. The highest BCUT2D eigenvalue weighted by Crippen LogP contribution is 2.27. The van der Waals surface area contributed by atoms with Crippen molar-refractivity contribution in [2.45, 2.75) is 32.2 Å². The number of amides is 1. The van der Waals surface area contributed by atoms with Crippen LogP contribution >= 0.6 is 0 Å². The number of hydrogen-bond acceptors (Lipinski definition) is 5. The van der Waals surface area contributed by atoms with E-state index in [0.717, 1.165) is 39.0 Å². The van der Waals surface area contributed by atoms with E-state index in [0.29, 0.717) is 29.3 Å². The summed E-state index contributed by atoms with van der Waals surface area (Å²) in [7, 11) is 1.78. The van der Waals surface area contributed by atoms with Crippen molar-refractivity contribution in [1.82, 2.24) is 29.5 Å². The van der Waals surface area contributed by atoms with Crippen LogP contribution in [0.3, 0.4) is 0 Å². The smallest absolute Gasteiger partial charge is 0.262 e. The number of hydrogen-bond donors (Lipinski definition) is 1. The number of aromatic nitrogens is 4. The molecule has 1 aliphatic heterocycles. The highest BCUT2D eigenvalue weighted by atomic mass is 16.2. The number of piperazine rings is 1. The SMILES string of the molecule is Cn1ncc2c(=O)[nH]c(CN3CCN(C(=O)C4CCCC4)CC3)nc21. The van der Waals surface area contributed by atoms with E-state index in [2.05, 4.69) is 20.0 Å². The molecule has 1 saturated carbocycles. The maximum atomic E-state index is 12.5. The summed E-state index contributed by atoms with van der Waals surface area (Å²) in [4.78, 5) is 36.2. The molecule has 0 bridgehead atoms. The zero-order valence-electron chi connectivity index (χ0n) is 14.6. The number of aromatic amines is 1. The Labute approximate surface area is 145 Å². The van der Waals surface area contributed by atoms with E-state index in [1.54, 1.807) is 17.9 Å². The van der Waals surface area contributed by atoms with E-state index in [1.165, 1.54) is 12.8 Å². The molecule has 134 valence electrons. The summed E-state index contributed by atoms with van der Waals surface area (Å²) in [6.45, 7) is 3.72. The van der Waals surface area contributed by atoms with Crippen molar-refractivity contribution in [2.75, 3.05) is 26.2 Å². The Bertz CT molecular complexity index is 827. The molecule has 0 radical (unpaired) electrons. The minimum Gasteiger partial charge on any atom is -0.340 e. The Hall–Kier alpha value is -2.22. The van der Waals surface area contributed by atoms with Crippen LogP contribution in [0.2, 0.25) is 0 Å². The molecule has 2 aromatic heterocycles. The Morgan fingerprint density at radius 3 is 2.68 bits per heavy atom. The summed E-state index contributed by atoms with van der Waals surface area (Å²) in [5, 5.41) is 4.60. The summed E-state index contributed by atoms with van der Waals surface area (Å²) in [6.07, 6.45) is 6.01. The van der Waals surface area contributed by atoms with Gasteiger partial charge in [-0.2, -0.15) is 5.10 Å². The van der Waals surface area contributed by atoms with Crippen LogP contribution in [0.4, 0.5) is 0 Å². The van der Waals surface area contributed by atoms with Gasteiger partial charge >= 0.3 is 0 Å². The Morgan fingerprint density at radius 1 is 1.24 bits per heavy atom. The van der Waals surface area contributed by atoms with Crippen molar-refractivity contribution >= 4 is 16.9 Å². The maximum Gasteiger partial charge on any atom is 0.262 e. The highest BCUT2D eigenvalue weighted by Gasteiger charge is 2.29. The van der Waals surface area contributed by atoms with Crippen LogP contribution in [0, 0.1) is 5.92 Å². The van der Waals surface area contributed by atoms with Gasteiger partial charge < -0.3 is 9.88 Å². The van der Waals surface area contributed by atoms with Crippen LogP contribution in [-0.4, -0.2) is 61.6 Å². The van der Waals surface area contributed by atoms with E-state index in [1.807, 2.05) is 4.90 Å². The average molecular weight is 344 g/mol. The molecule has 25 heavy (non-hydrogen) atoms. The van der Waals surface area contributed by atoms with Crippen molar-refractivity contribution in [2.24, 2.45) is 13.0 Å². The van der Waals surface area contributed by atoms with Crippen LogP contribution < -0.4 is 5.56 Å². The summed E-state index contributed by atoms with van der Waals surface area (Å²) in [5.41, 5.74) is 0.456. The van der Waals surface area contributed by atoms with Gasteiger partial charge in [-0.25, -0.2) is 4.98 Å². The first kappa shape index (κ1) is 16.3. The van der Waals surface area contributed by atoms with Crippen LogP contribution in [0.15, 0.2) is 11.0 Å². The van der Waals surface area contributed by atoms with Crippen molar-refractivity contribution in [1.29, 1.82) is 0 Å². The van der Waals surface area contributed by atoms with Crippen molar-refractivity contribution < 1.29 is 4.79 Å². The third kappa shape index (κ3) is 3.18. The number of H-pyrrole nitrogens is 1. The van der Waals surface area contributed by atoms with Gasteiger partial charge in [0.05, 0.1) is 12.7 Å². The first-order chi connectivity index (χ1) is 12.1. The topological polar surface area (TPSA) is 87.1 Å². The third-order valence-corrected chi connectivity index (χ3v) is 5.41. The minimum absolute atomic E-state index is 0.150. The molecule has 2 aromatic rings. The minimum atomic E-state index is -0.150. The second-order valence-corrected chi connectivity index (χ2v) is 7.10. The van der Waals surface area contributed by atoms with E-state index < -0.39 is 0 Å². The number of rotatable bonds is 3. The first-order valence-corrected chi connectivity index (χ1v) is 9.04. The summed E-state index contributed by atoms with van der Waals surface area (Å²) >= 11 is 0. The van der Waals surface area contributed by atoms with E-state index >= 15 is 0 Å². The van der Waals surface area contributed by atoms with Gasteiger partial charge in [-0.1, -0.05) is 12.8 Å². The van der Waals surface area contributed by atoms with Crippen LogP contribution in [0.25, 0.3) is 11.0 Å². The molecule has 1 N–H and O–H groups in total. The van der Waals surface area contributed by atoms with Crippen LogP contribution in [0.5, 0.6) is 0 Å². The molecule has 3 heterocycles. The zero-order chi connectivity index (χ0) is 17.4. The van der Waals surface area contributed by atoms with Gasteiger partial charge in [0.25, 0.3) is 5.56 Å². The summed E-state index contributed by atoms with van der Waals surface area (Å²) in [6, 6.07) is 0. The largest absolute Gasteiger partial charge is 0.340 e. The van der Waals surface area contributed by atoms with Crippen LogP contribution in [-0.2, 0) is 18.4 Å². The van der Waals surface area contributed by atoms with E-state index in [4.69, 9.17) is 0 Å². The average Bonchev–Trinajstić information content (AvgIpc) is 3.26. The Balaban J connectivity index is 1.39. The molecule has 0 spiro atoms. The quantitative estimate of drug-likeness (QED) is 0.876. The number of carbonyl (C=O) groups excluding carboxylic acids is 1. The van der Waals surface area contributed by atoms with Gasteiger partial charge in [0.15, 0.2) is 5.65 Å². The van der Waals surface area contributed by atoms with Gasteiger partial charge in [0.1, 0.15) is 11.2 Å². The molecule has 4 rings (SSSR count). The molecule has 1 amide bonds. The molecule has 1 aliphatic carbocycles.